The van der Waals surface area contributed by atoms with E-state index >= 15 is 0 Å². The number of carbonyl (C=O) groups excluding carboxylic acids is 1. The van der Waals surface area contributed by atoms with E-state index in [0.717, 1.165) is 10.9 Å². The van der Waals surface area contributed by atoms with Crippen LogP contribution in [0.15, 0.2) is 60.8 Å². The summed E-state index contributed by atoms with van der Waals surface area (Å²) in [6.45, 7) is -0.0611. The zero-order valence-electron chi connectivity index (χ0n) is 11.6. The second-order valence-corrected chi connectivity index (χ2v) is 5.11. The van der Waals surface area contributed by atoms with Gasteiger partial charge < -0.3 is 10.1 Å². The molecule has 3 aromatic rings. The Labute approximate surface area is 132 Å². The molecule has 0 spiro atoms. The molecule has 1 aromatic heterocycles. The fraction of sp³-hybridized carbons (Fsp3) is 0.0588. The van der Waals surface area contributed by atoms with Crippen LogP contribution in [0.3, 0.4) is 0 Å². The molecule has 0 bridgehead atoms. The van der Waals surface area contributed by atoms with E-state index in [4.69, 9.17) is 16.3 Å². The van der Waals surface area contributed by atoms with Gasteiger partial charge in [0.15, 0.2) is 6.61 Å². The summed E-state index contributed by atoms with van der Waals surface area (Å²) >= 11 is 6.00. The van der Waals surface area contributed by atoms with Crippen molar-refractivity contribution in [2.75, 3.05) is 11.9 Å². The summed E-state index contributed by atoms with van der Waals surface area (Å²) in [5.74, 6) is 0.414. The van der Waals surface area contributed by atoms with Gasteiger partial charge in [0.05, 0.1) is 11.2 Å². The Bertz CT molecular complexity index is 806. The van der Waals surface area contributed by atoms with Crippen molar-refractivity contribution in [1.29, 1.82) is 0 Å². The van der Waals surface area contributed by atoms with Gasteiger partial charge in [0.2, 0.25) is 0 Å². The molecule has 5 heteroatoms. The summed E-state index contributed by atoms with van der Waals surface area (Å²) in [7, 11) is 0. The van der Waals surface area contributed by atoms with Gasteiger partial charge in [-0.25, -0.2) is 0 Å². The highest BCUT2D eigenvalue weighted by molar-refractivity contribution is 6.31. The van der Waals surface area contributed by atoms with E-state index in [1.165, 1.54) is 0 Å². The molecule has 4 nitrogen and oxygen atoms in total. The molecule has 0 fully saturated rings. The SMILES string of the molecule is O=C(COc1ccccc1)Nc1ccnc2ccc(Cl)cc12. The second-order valence-electron chi connectivity index (χ2n) is 4.67. The number of aromatic nitrogens is 1. The van der Waals surface area contributed by atoms with Crippen LogP contribution in [-0.4, -0.2) is 17.5 Å². The van der Waals surface area contributed by atoms with Gasteiger partial charge in [0.1, 0.15) is 5.75 Å². The maximum Gasteiger partial charge on any atom is 0.262 e. The van der Waals surface area contributed by atoms with Crippen LogP contribution in [0.5, 0.6) is 5.75 Å². The lowest BCUT2D eigenvalue weighted by Crippen LogP contribution is -2.20. The lowest BCUT2D eigenvalue weighted by molar-refractivity contribution is -0.118. The minimum atomic E-state index is -0.240. The molecule has 22 heavy (non-hydrogen) atoms. The van der Waals surface area contributed by atoms with Gasteiger partial charge in [-0.2, -0.15) is 0 Å². The molecule has 1 heterocycles. The molecule has 0 saturated carbocycles. The maximum absolute atomic E-state index is 12.0. The van der Waals surface area contributed by atoms with Crippen LogP contribution in [0.2, 0.25) is 5.02 Å². The third kappa shape index (κ3) is 3.35. The largest absolute Gasteiger partial charge is 0.484 e. The van der Waals surface area contributed by atoms with E-state index in [-0.39, 0.29) is 12.5 Å². The Morgan fingerprint density at radius 2 is 1.95 bits per heavy atom. The Morgan fingerprint density at radius 3 is 2.77 bits per heavy atom. The first-order chi connectivity index (χ1) is 10.7. The summed E-state index contributed by atoms with van der Waals surface area (Å²) in [4.78, 5) is 16.3. The zero-order chi connectivity index (χ0) is 15.4. The molecular weight excluding hydrogens is 300 g/mol. The summed E-state index contributed by atoms with van der Waals surface area (Å²) in [6, 6.07) is 16.3. The van der Waals surface area contributed by atoms with Crippen LogP contribution in [0.25, 0.3) is 10.9 Å². The number of rotatable bonds is 4. The van der Waals surface area contributed by atoms with Gasteiger partial charge in [-0.1, -0.05) is 29.8 Å². The fourth-order valence-corrected chi connectivity index (χ4v) is 2.25. The van der Waals surface area contributed by atoms with Gasteiger partial charge in [0, 0.05) is 16.6 Å². The molecule has 1 amide bonds. The fourth-order valence-electron chi connectivity index (χ4n) is 2.08. The molecule has 0 saturated heterocycles. The Balaban J connectivity index is 1.73. The molecule has 110 valence electrons. The molecule has 0 aliphatic heterocycles. The van der Waals surface area contributed by atoms with Crippen molar-refractivity contribution < 1.29 is 9.53 Å². The van der Waals surface area contributed by atoms with Crippen LogP contribution < -0.4 is 10.1 Å². The summed E-state index contributed by atoms with van der Waals surface area (Å²) in [5.41, 5.74) is 1.43. The monoisotopic (exact) mass is 312 g/mol. The predicted octanol–water partition coefficient (Wildman–Crippen LogP) is 3.91. The topological polar surface area (TPSA) is 51.2 Å². The van der Waals surface area contributed by atoms with Crippen molar-refractivity contribution in [3.63, 3.8) is 0 Å². The minimum absolute atomic E-state index is 0.0611. The minimum Gasteiger partial charge on any atom is -0.484 e. The van der Waals surface area contributed by atoms with Gasteiger partial charge in [-0.15, -0.1) is 0 Å². The maximum atomic E-state index is 12.0. The molecule has 3 rings (SSSR count). The number of hydrogen-bond acceptors (Lipinski definition) is 3. The van der Waals surface area contributed by atoms with E-state index in [1.54, 1.807) is 36.5 Å². The Kier molecular flexibility index (Phi) is 4.21. The quantitative estimate of drug-likeness (QED) is 0.794. The molecule has 0 atom stereocenters. The lowest BCUT2D eigenvalue weighted by atomic mass is 10.2. The Hall–Kier alpha value is -2.59. The number of halogens is 1. The first-order valence-corrected chi connectivity index (χ1v) is 7.12. The Morgan fingerprint density at radius 1 is 1.14 bits per heavy atom. The third-order valence-corrected chi connectivity index (χ3v) is 3.33. The molecule has 0 unspecified atom stereocenters. The average Bonchev–Trinajstić information content (AvgIpc) is 2.54. The second kappa shape index (κ2) is 6.45. The molecule has 1 N–H and O–H groups in total. The number of nitrogens with one attached hydrogen (secondary N) is 1. The number of amides is 1. The van der Waals surface area contributed by atoms with Gasteiger partial charge in [-0.3, -0.25) is 9.78 Å². The average molecular weight is 313 g/mol. The van der Waals surface area contributed by atoms with Crippen molar-refractivity contribution in [3.05, 3.63) is 65.8 Å². The highest BCUT2D eigenvalue weighted by Gasteiger charge is 2.08. The third-order valence-electron chi connectivity index (χ3n) is 3.09. The predicted molar refractivity (Wildman–Crippen MR) is 87.3 cm³/mol. The number of hydrogen-bond donors (Lipinski definition) is 1. The van der Waals surface area contributed by atoms with Crippen LogP contribution >= 0.6 is 11.6 Å². The van der Waals surface area contributed by atoms with Gasteiger partial charge >= 0.3 is 0 Å². The van der Waals surface area contributed by atoms with Gasteiger partial charge in [0.25, 0.3) is 5.91 Å². The van der Waals surface area contributed by atoms with Crippen molar-refractivity contribution in [3.8, 4) is 5.75 Å². The summed E-state index contributed by atoms with van der Waals surface area (Å²) in [6.07, 6.45) is 1.64. The smallest absolute Gasteiger partial charge is 0.262 e. The van der Waals surface area contributed by atoms with Crippen LogP contribution in [0.4, 0.5) is 5.69 Å². The number of nitrogens with zero attached hydrogens (tertiary/aromatic N) is 1. The van der Waals surface area contributed by atoms with E-state index in [1.807, 2.05) is 24.3 Å². The van der Waals surface area contributed by atoms with E-state index < -0.39 is 0 Å². The number of pyridine rings is 1. The van der Waals surface area contributed by atoms with E-state index in [2.05, 4.69) is 10.3 Å². The van der Waals surface area contributed by atoms with E-state index in [0.29, 0.717) is 16.5 Å². The number of ether oxygens (including phenoxy) is 1. The van der Waals surface area contributed by atoms with Crippen LogP contribution in [-0.2, 0) is 4.79 Å². The van der Waals surface area contributed by atoms with Crippen molar-refractivity contribution >= 4 is 34.1 Å². The number of carbonyl (C=O) groups is 1. The first-order valence-electron chi connectivity index (χ1n) is 6.74. The lowest BCUT2D eigenvalue weighted by Gasteiger charge is -2.09. The summed E-state index contributed by atoms with van der Waals surface area (Å²) in [5, 5.41) is 4.21. The van der Waals surface area contributed by atoms with Crippen molar-refractivity contribution in [1.82, 2.24) is 4.98 Å². The molecule has 0 radical (unpaired) electrons. The number of anilines is 1. The number of benzene rings is 2. The zero-order valence-corrected chi connectivity index (χ0v) is 12.4. The molecule has 0 aliphatic rings. The highest BCUT2D eigenvalue weighted by Crippen LogP contribution is 2.24. The van der Waals surface area contributed by atoms with Crippen molar-refractivity contribution in [2.24, 2.45) is 0 Å². The first kappa shape index (κ1) is 14.4. The standard InChI is InChI=1S/C17H13ClN2O2/c18-12-6-7-15-14(10-12)16(8-9-19-15)20-17(21)11-22-13-4-2-1-3-5-13/h1-10H,11H2,(H,19,20,21). The highest BCUT2D eigenvalue weighted by atomic mass is 35.5. The molecular formula is C17H13ClN2O2. The van der Waals surface area contributed by atoms with Crippen LogP contribution in [0, 0.1) is 0 Å². The van der Waals surface area contributed by atoms with Crippen molar-refractivity contribution in [2.45, 2.75) is 0 Å². The normalized spacial score (nSPS) is 10.4. The van der Waals surface area contributed by atoms with Gasteiger partial charge in [-0.05, 0) is 36.4 Å². The van der Waals surface area contributed by atoms with E-state index in [9.17, 15) is 4.79 Å². The summed E-state index contributed by atoms with van der Waals surface area (Å²) < 4.78 is 5.42. The number of para-hydroxylation sites is 1. The number of fused-ring (bicyclic) bond motifs is 1. The van der Waals surface area contributed by atoms with Crippen LogP contribution in [0.1, 0.15) is 0 Å². The molecule has 2 aromatic carbocycles. The molecule has 0 aliphatic carbocycles.